The van der Waals surface area contributed by atoms with Crippen LogP contribution in [-0.2, 0) is 11.7 Å². The second-order valence-corrected chi connectivity index (χ2v) is 10.6. The van der Waals surface area contributed by atoms with Crippen LogP contribution in [0.2, 0.25) is 0 Å². The van der Waals surface area contributed by atoms with E-state index < -0.39 is 0 Å². The molecular formula is C31H34NOP. The lowest BCUT2D eigenvalue weighted by molar-refractivity contribution is 0.448. The molecule has 4 aromatic rings. The van der Waals surface area contributed by atoms with Crippen molar-refractivity contribution >= 4 is 25.3 Å². The van der Waals surface area contributed by atoms with Crippen molar-refractivity contribution < 1.29 is 5.11 Å². The summed E-state index contributed by atoms with van der Waals surface area (Å²) in [4.78, 5) is 2.39. The van der Waals surface area contributed by atoms with Gasteiger partial charge in [-0.25, -0.2) is 0 Å². The molecular weight excluding hydrogens is 433 g/mol. The van der Waals surface area contributed by atoms with Crippen LogP contribution in [0.1, 0.15) is 43.4 Å². The molecule has 0 heterocycles. The number of aromatic hydroxyl groups is 1. The molecule has 2 nitrogen and oxygen atoms in total. The highest BCUT2D eigenvalue weighted by Gasteiger charge is 2.32. The Morgan fingerprint density at radius 2 is 1.29 bits per heavy atom. The molecule has 3 heteroatoms. The number of benzene rings is 4. The van der Waals surface area contributed by atoms with Crippen molar-refractivity contribution in [2.75, 3.05) is 4.90 Å². The fourth-order valence-electron chi connectivity index (χ4n) is 4.70. The number of nitrogens with zero attached hydrogens (tertiary/aromatic N) is 1. The Morgan fingerprint density at radius 1 is 0.735 bits per heavy atom. The first-order chi connectivity index (χ1) is 16.6. The van der Waals surface area contributed by atoms with Gasteiger partial charge < -0.3 is 10.0 Å². The maximum Gasteiger partial charge on any atom is 0.119 e. The van der Waals surface area contributed by atoms with Crippen LogP contribution in [0.3, 0.4) is 0 Å². The lowest BCUT2D eigenvalue weighted by atomic mass is 9.92. The average Bonchev–Trinajstić information content (AvgIpc) is 2.88. The van der Waals surface area contributed by atoms with E-state index in [-0.39, 0.29) is 5.16 Å². The van der Waals surface area contributed by atoms with Crippen LogP contribution in [0.25, 0.3) is 0 Å². The zero-order valence-electron chi connectivity index (χ0n) is 20.3. The minimum atomic E-state index is -0.0837. The summed E-state index contributed by atoms with van der Waals surface area (Å²) in [6.07, 6.45) is 1.96. The van der Waals surface area contributed by atoms with Crippen LogP contribution in [0, 0.1) is 6.92 Å². The molecule has 174 valence electrons. The molecule has 0 aliphatic carbocycles. The number of para-hydroxylation sites is 3. The van der Waals surface area contributed by atoms with E-state index >= 15 is 0 Å². The number of phenols is 1. The molecule has 34 heavy (non-hydrogen) atoms. The molecule has 0 fully saturated rings. The lowest BCUT2D eigenvalue weighted by Crippen LogP contribution is -2.25. The Hall–Kier alpha value is -3.09. The second kappa shape index (κ2) is 10.9. The van der Waals surface area contributed by atoms with Crippen molar-refractivity contribution in [3.63, 3.8) is 0 Å². The molecule has 0 saturated heterocycles. The normalized spacial score (nSPS) is 11.7. The van der Waals surface area contributed by atoms with Gasteiger partial charge >= 0.3 is 0 Å². The highest BCUT2D eigenvalue weighted by molar-refractivity contribution is 7.48. The van der Waals surface area contributed by atoms with Gasteiger partial charge in [-0.15, -0.1) is 0 Å². The van der Waals surface area contributed by atoms with Crippen LogP contribution in [-0.4, -0.2) is 5.11 Å². The van der Waals surface area contributed by atoms with E-state index in [1.54, 1.807) is 0 Å². The molecule has 1 N–H and O–H groups in total. The summed E-state index contributed by atoms with van der Waals surface area (Å²) in [5, 5.41) is 12.0. The van der Waals surface area contributed by atoms with E-state index in [1.165, 1.54) is 27.8 Å². The van der Waals surface area contributed by atoms with E-state index in [4.69, 9.17) is 0 Å². The fourth-order valence-corrected chi connectivity index (χ4v) is 6.40. The van der Waals surface area contributed by atoms with Gasteiger partial charge in [0.1, 0.15) is 5.75 Å². The number of anilines is 2. The van der Waals surface area contributed by atoms with Gasteiger partial charge in [-0.2, -0.15) is 0 Å². The first-order valence-electron chi connectivity index (χ1n) is 12.1. The molecule has 0 bridgehead atoms. The van der Waals surface area contributed by atoms with E-state index in [1.807, 2.05) is 18.2 Å². The summed E-state index contributed by atoms with van der Waals surface area (Å²) < 4.78 is 0. The number of hydrogen-bond donors (Lipinski definition) is 1. The van der Waals surface area contributed by atoms with Gasteiger partial charge in [0.25, 0.3) is 0 Å². The highest BCUT2D eigenvalue weighted by Crippen LogP contribution is 2.50. The quantitative estimate of drug-likeness (QED) is 0.252. The third-order valence-electron chi connectivity index (χ3n) is 6.73. The van der Waals surface area contributed by atoms with Gasteiger partial charge in [-0.05, 0) is 61.0 Å². The van der Waals surface area contributed by atoms with Crippen molar-refractivity contribution in [3.8, 4) is 5.75 Å². The molecule has 0 spiro atoms. The number of aryl methyl sites for hydroxylation is 1. The SMILES string of the molecule is CCC(CC)(Pc1ccc(C)cc1CN(c1ccccc1)c1ccccc1)c1ccccc1O. The monoisotopic (exact) mass is 467 g/mol. The topological polar surface area (TPSA) is 23.5 Å². The minimum Gasteiger partial charge on any atom is -0.508 e. The first kappa shape index (κ1) is 24.0. The summed E-state index contributed by atoms with van der Waals surface area (Å²) in [7, 11) is 0.563. The molecule has 0 aromatic heterocycles. The zero-order chi connectivity index (χ0) is 24.0. The van der Waals surface area contributed by atoms with Crippen LogP contribution < -0.4 is 10.2 Å². The Balaban J connectivity index is 1.76. The van der Waals surface area contributed by atoms with Crippen molar-refractivity contribution in [1.82, 2.24) is 0 Å². The van der Waals surface area contributed by atoms with Crippen LogP contribution in [0.15, 0.2) is 103 Å². The molecule has 0 saturated carbocycles. The Labute approximate surface area is 206 Å². The maximum absolute atomic E-state index is 10.7. The van der Waals surface area contributed by atoms with Gasteiger partial charge in [0.2, 0.25) is 0 Å². The van der Waals surface area contributed by atoms with E-state index in [9.17, 15) is 5.11 Å². The minimum absolute atomic E-state index is 0.0837. The van der Waals surface area contributed by atoms with Crippen molar-refractivity contribution in [3.05, 3.63) is 120 Å². The molecule has 0 amide bonds. The maximum atomic E-state index is 10.7. The third kappa shape index (κ3) is 5.18. The van der Waals surface area contributed by atoms with Crippen molar-refractivity contribution in [1.29, 1.82) is 0 Å². The summed E-state index contributed by atoms with van der Waals surface area (Å²) >= 11 is 0. The van der Waals surface area contributed by atoms with Gasteiger partial charge in [-0.3, -0.25) is 0 Å². The average molecular weight is 468 g/mol. The zero-order valence-corrected chi connectivity index (χ0v) is 21.3. The predicted molar refractivity (Wildman–Crippen MR) is 148 cm³/mol. The van der Waals surface area contributed by atoms with E-state index in [0.29, 0.717) is 14.3 Å². The largest absolute Gasteiger partial charge is 0.508 e. The lowest BCUT2D eigenvalue weighted by Gasteiger charge is -2.34. The highest BCUT2D eigenvalue weighted by atomic mass is 31.1. The summed E-state index contributed by atoms with van der Waals surface area (Å²) in [5.74, 6) is 0.405. The molecule has 0 radical (unpaired) electrons. The molecule has 0 aliphatic heterocycles. The predicted octanol–water partition coefficient (Wildman–Crippen LogP) is 8.06. The standard InChI is InChI=1S/C31H34NOP/c1-4-31(5-2,28-18-12-13-19-29(28)33)34-30-21-20-24(3)22-25(30)23-32(26-14-8-6-9-15-26)27-16-10-7-11-17-27/h6-22,33-34H,4-5,23H2,1-3H3. The smallest absolute Gasteiger partial charge is 0.119 e. The summed E-state index contributed by atoms with van der Waals surface area (Å²) in [6, 6.07) is 36.0. The Morgan fingerprint density at radius 3 is 1.85 bits per heavy atom. The molecule has 0 aliphatic rings. The first-order valence-corrected chi connectivity index (χ1v) is 13.1. The van der Waals surface area contributed by atoms with Gasteiger partial charge in [0.05, 0.1) is 0 Å². The summed E-state index contributed by atoms with van der Waals surface area (Å²) in [6.45, 7) is 7.46. The van der Waals surface area contributed by atoms with E-state index in [2.05, 4.69) is 111 Å². The Bertz CT molecular complexity index is 1160. The third-order valence-corrected chi connectivity index (χ3v) is 8.94. The number of rotatable bonds is 9. The summed E-state index contributed by atoms with van der Waals surface area (Å²) in [5.41, 5.74) is 6.04. The molecule has 1 atom stereocenters. The number of hydrogen-bond acceptors (Lipinski definition) is 2. The van der Waals surface area contributed by atoms with Crippen LogP contribution in [0.5, 0.6) is 5.75 Å². The Kier molecular flexibility index (Phi) is 7.70. The second-order valence-electron chi connectivity index (χ2n) is 8.85. The molecule has 1 unspecified atom stereocenters. The van der Waals surface area contributed by atoms with E-state index in [0.717, 1.165) is 24.9 Å². The number of phenolic OH excluding ortho intramolecular Hbond substituents is 1. The van der Waals surface area contributed by atoms with Crippen molar-refractivity contribution in [2.45, 2.75) is 45.3 Å². The van der Waals surface area contributed by atoms with Crippen molar-refractivity contribution in [2.24, 2.45) is 0 Å². The molecule has 4 aromatic carbocycles. The van der Waals surface area contributed by atoms with Gasteiger partial charge in [0.15, 0.2) is 0 Å². The van der Waals surface area contributed by atoms with Crippen LogP contribution >= 0.6 is 8.58 Å². The fraction of sp³-hybridized carbons (Fsp3) is 0.226. The van der Waals surface area contributed by atoms with Gasteiger partial charge in [-0.1, -0.05) is 101 Å². The van der Waals surface area contributed by atoms with Gasteiger partial charge in [0, 0.05) is 28.6 Å². The molecule has 4 rings (SSSR count). The van der Waals surface area contributed by atoms with Crippen LogP contribution in [0.4, 0.5) is 11.4 Å².